The van der Waals surface area contributed by atoms with Crippen LogP contribution in [0.5, 0.6) is 0 Å². The number of hydrogen-bond donors (Lipinski definition) is 0. The van der Waals surface area contributed by atoms with E-state index in [-0.39, 0.29) is 12.1 Å². The molecule has 1 rings (SSSR count). The van der Waals surface area contributed by atoms with Gasteiger partial charge >= 0.3 is 5.97 Å². The van der Waals surface area contributed by atoms with Gasteiger partial charge in [0.15, 0.2) is 0 Å². The molecule has 78 valence electrons. The summed E-state index contributed by atoms with van der Waals surface area (Å²) in [5.74, 6) is -0.289. The molecule has 0 saturated heterocycles. The first kappa shape index (κ1) is 10.8. The number of aryl methyl sites for hydroxylation is 2. The Bertz CT molecular complexity index is 353. The summed E-state index contributed by atoms with van der Waals surface area (Å²) >= 11 is 0. The van der Waals surface area contributed by atoms with Crippen LogP contribution in [0.3, 0.4) is 0 Å². The first-order valence-electron chi connectivity index (χ1n) is 4.64. The van der Waals surface area contributed by atoms with Gasteiger partial charge in [-0.1, -0.05) is 0 Å². The van der Waals surface area contributed by atoms with Crippen LogP contribution in [-0.4, -0.2) is 21.9 Å². The minimum Gasteiger partial charge on any atom is -0.459 e. The number of ether oxygens (including phenoxy) is 1. The number of carbonyl (C=O) groups excluding carboxylic acids is 1. The molecule has 4 heteroatoms. The van der Waals surface area contributed by atoms with E-state index >= 15 is 0 Å². The third-order valence-electron chi connectivity index (χ3n) is 2.06. The molecular weight excluding hydrogens is 180 g/mol. The number of rotatable bonds is 2. The Morgan fingerprint density at radius 2 is 2.00 bits per heavy atom. The third kappa shape index (κ3) is 1.95. The largest absolute Gasteiger partial charge is 0.459 e. The van der Waals surface area contributed by atoms with Crippen LogP contribution in [0.4, 0.5) is 0 Å². The molecule has 1 heterocycles. The second-order valence-corrected chi connectivity index (χ2v) is 3.62. The van der Waals surface area contributed by atoms with E-state index in [1.807, 2.05) is 34.7 Å². The van der Waals surface area contributed by atoms with E-state index in [9.17, 15) is 4.79 Å². The quantitative estimate of drug-likeness (QED) is 0.675. The Balaban J connectivity index is 3.00. The zero-order valence-electron chi connectivity index (χ0n) is 9.29. The Labute approximate surface area is 83.9 Å². The van der Waals surface area contributed by atoms with Crippen molar-refractivity contribution in [1.29, 1.82) is 0 Å². The van der Waals surface area contributed by atoms with Gasteiger partial charge in [0.25, 0.3) is 0 Å². The van der Waals surface area contributed by atoms with Crippen molar-refractivity contribution in [3.8, 4) is 0 Å². The van der Waals surface area contributed by atoms with Crippen LogP contribution in [-0.2, 0) is 11.8 Å². The van der Waals surface area contributed by atoms with E-state index in [0.717, 1.165) is 11.4 Å². The Morgan fingerprint density at radius 3 is 2.36 bits per heavy atom. The van der Waals surface area contributed by atoms with Crippen molar-refractivity contribution < 1.29 is 9.53 Å². The molecule has 0 spiro atoms. The topological polar surface area (TPSA) is 44.1 Å². The van der Waals surface area contributed by atoms with Crippen LogP contribution in [0.15, 0.2) is 0 Å². The minimum atomic E-state index is -0.289. The molecule has 0 aliphatic rings. The van der Waals surface area contributed by atoms with E-state index in [1.165, 1.54) is 0 Å². The number of hydrogen-bond acceptors (Lipinski definition) is 3. The molecule has 0 N–H and O–H groups in total. The van der Waals surface area contributed by atoms with Crippen molar-refractivity contribution in [2.24, 2.45) is 7.05 Å². The average Bonchev–Trinajstić information content (AvgIpc) is 2.25. The van der Waals surface area contributed by atoms with Crippen molar-refractivity contribution in [3.63, 3.8) is 0 Å². The van der Waals surface area contributed by atoms with E-state index < -0.39 is 0 Å². The summed E-state index contributed by atoms with van der Waals surface area (Å²) in [5, 5.41) is 4.15. The summed E-state index contributed by atoms with van der Waals surface area (Å²) in [5.41, 5.74) is 2.14. The molecule has 1 aromatic rings. The van der Waals surface area contributed by atoms with Gasteiger partial charge in [0.1, 0.15) is 5.56 Å². The third-order valence-corrected chi connectivity index (χ3v) is 2.06. The maximum atomic E-state index is 11.6. The second-order valence-electron chi connectivity index (χ2n) is 3.62. The van der Waals surface area contributed by atoms with Gasteiger partial charge in [-0.05, 0) is 27.7 Å². The highest BCUT2D eigenvalue weighted by atomic mass is 16.5. The molecule has 0 aliphatic carbocycles. The maximum Gasteiger partial charge on any atom is 0.342 e. The smallest absolute Gasteiger partial charge is 0.342 e. The molecule has 0 saturated carbocycles. The van der Waals surface area contributed by atoms with Gasteiger partial charge in [0, 0.05) is 12.7 Å². The lowest BCUT2D eigenvalue weighted by Gasteiger charge is -2.07. The molecule has 0 amide bonds. The van der Waals surface area contributed by atoms with Crippen molar-refractivity contribution in [2.75, 3.05) is 0 Å². The van der Waals surface area contributed by atoms with E-state index in [2.05, 4.69) is 5.10 Å². The van der Waals surface area contributed by atoms with Crippen molar-refractivity contribution in [1.82, 2.24) is 9.78 Å². The molecule has 0 radical (unpaired) electrons. The average molecular weight is 196 g/mol. The standard InChI is InChI=1S/C10H16N2O2/c1-6(2)14-10(13)9-7(3)11-12(5)8(9)4/h6H,1-5H3. The summed E-state index contributed by atoms with van der Waals surface area (Å²) < 4.78 is 6.81. The van der Waals surface area contributed by atoms with Gasteiger partial charge in [-0.3, -0.25) is 4.68 Å². The minimum absolute atomic E-state index is 0.0958. The molecule has 0 atom stereocenters. The number of esters is 1. The molecule has 0 bridgehead atoms. The molecule has 14 heavy (non-hydrogen) atoms. The van der Waals surface area contributed by atoms with Gasteiger partial charge in [-0.2, -0.15) is 5.10 Å². The summed E-state index contributed by atoms with van der Waals surface area (Å²) in [7, 11) is 1.81. The fraction of sp³-hybridized carbons (Fsp3) is 0.600. The first-order valence-corrected chi connectivity index (χ1v) is 4.64. The zero-order valence-corrected chi connectivity index (χ0v) is 9.29. The highest BCUT2D eigenvalue weighted by Crippen LogP contribution is 2.13. The van der Waals surface area contributed by atoms with Gasteiger partial charge in [-0.15, -0.1) is 0 Å². The van der Waals surface area contributed by atoms with Gasteiger partial charge in [-0.25, -0.2) is 4.79 Å². The molecule has 0 unspecified atom stereocenters. The second kappa shape index (κ2) is 3.82. The zero-order chi connectivity index (χ0) is 10.9. The summed E-state index contributed by atoms with van der Waals surface area (Å²) in [6.07, 6.45) is -0.0958. The van der Waals surface area contributed by atoms with Crippen LogP contribution < -0.4 is 0 Å². The van der Waals surface area contributed by atoms with Crippen molar-refractivity contribution in [2.45, 2.75) is 33.8 Å². The summed E-state index contributed by atoms with van der Waals surface area (Å²) in [6, 6.07) is 0. The van der Waals surface area contributed by atoms with Crippen LogP contribution in [0.25, 0.3) is 0 Å². The van der Waals surface area contributed by atoms with E-state index in [1.54, 1.807) is 4.68 Å². The highest BCUT2D eigenvalue weighted by molar-refractivity contribution is 5.91. The molecule has 4 nitrogen and oxygen atoms in total. The number of aromatic nitrogens is 2. The Kier molecular flexibility index (Phi) is 2.93. The molecular formula is C10H16N2O2. The first-order chi connectivity index (χ1) is 6.43. The molecule has 0 aromatic carbocycles. The van der Waals surface area contributed by atoms with E-state index in [4.69, 9.17) is 4.74 Å². The fourth-order valence-electron chi connectivity index (χ4n) is 1.34. The van der Waals surface area contributed by atoms with Crippen LogP contribution in [0.2, 0.25) is 0 Å². The molecule has 0 fully saturated rings. The lowest BCUT2D eigenvalue weighted by molar-refractivity contribution is 0.0376. The molecule has 1 aromatic heterocycles. The van der Waals surface area contributed by atoms with Crippen LogP contribution in [0, 0.1) is 13.8 Å². The SMILES string of the molecule is Cc1nn(C)c(C)c1C(=O)OC(C)C. The normalized spacial score (nSPS) is 10.7. The lowest BCUT2D eigenvalue weighted by Crippen LogP contribution is -2.13. The lowest BCUT2D eigenvalue weighted by atomic mass is 10.2. The van der Waals surface area contributed by atoms with E-state index in [0.29, 0.717) is 5.56 Å². The van der Waals surface area contributed by atoms with Gasteiger partial charge in [0.05, 0.1) is 11.8 Å². The highest BCUT2D eigenvalue weighted by Gasteiger charge is 2.19. The summed E-state index contributed by atoms with van der Waals surface area (Å²) in [4.78, 5) is 11.6. The predicted molar refractivity (Wildman–Crippen MR) is 53.2 cm³/mol. The van der Waals surface area contributed by atoms with Crippen LogP contribution >= 0.6 is 0 Å². The molecule has 0 aliphatic heterocycles. The Morgan fingerprint density at radius 1 is 1.43 bits per heavy atom. The maximum absolute atomic E-state index is 11.6. The van der Waals surface area contributed by atoms with Crippen molar-refractivity contribution in [3.05, 3.63) is 17.0 Å². The fourth-order valence-corrected chi connectivity index (χ4v) is 1.34. The monoisotopic (exact) mass is 196 g/mol. The predicted octanol–water partition coefficient (Wildman–Crippen LogP) is 1.60. The van der Waals surface area contributed by atoms with Crippen molar-refractivity contribution >= 4 is 5.97 Å². The van der Waals surface area contributed by atoms with Gasteiger partial charge in [0.2, 0.25) is 0 Å². The number of nitrogens with zero attached hydrogens (tertiary/aromatic N) is 2. The summed E-state index contributed by atoms with van der Waals surface area (Å²) in [6.45, 7) is 7.33. The van der Waals surface area contributed by atoms with Crippen LogP contribution in [0.1, 0.15) is 35.6 Å². The van der Waals surface area contributed by atoms with Gasteiger partial charge < -0.3 is 4.74 Å². The Hall–Kier alpha value is -1.32. The number of carbonyl (C=O) groups is 1.